The number of amides is 2. The average molecular weight is 617 g/mol. The van der Waals surface area contributed by atoms with E-state index in [0.717, 1.165) is 11.8 Å². The molecule has 1 heterocycles. The van der Waals surface area contributed by atoms with E-state index in [-0.39, 0.29) is 24.6 Å². The molecular weight excluding hydrogens is 585 g/mol. The molecular formula is C30H31Cl2N3O5S. The van der Waals surface area contributed by atoms with E-state index in [4.69, 9.17) is 28.0 Å². The number of halogens is 2. The first-order valence-electron chi connectivity index (χ1n) is 13.4. The topological polar surface area (TPSA) is 105 Å². The molecule has 41 heavy (non-hydrogen) atoms. The van der Waals surface area contributed by atoms with Crippen molar-refractivity contribution >= 4 is 45.0 Å². The van der Waals surface area contributed by atoms with Crippen LogP contribution in [0.1, 0.15) is 64.7 Å². The quantitative estimate of drug-likeness (QED) is 0.331. The largest absolute Gasteiger partial charge is 0.327 e. The van der Waals surface area contributed by atoms with Crippen LogP contribution in [0.15, 0.2) is 72.8 Å². The van der Waals surface area contributed by atoms with Gasteiger partial charge in [0.2, 0.25) is 10.0 Å². The standard InChI is InChI=1S/C30H31Cl2N3O5S/c1-41(38,39)34-21-12-14-22(15-13-21)35-28(25-16-11-20(31)17-26(25)32)27(23-9-5-6-10-24(23)30(35)37)29(36)33-40-18-19-7-3-2-4-8-19/h2-11,16-17,21-22,27-28,34H,12-15,18H2,1H3,(H,33,36)/t21-,22-,27-,28+/m1/s1. The van der Waals surface area contributed by atoms with E-state index < -0.39 is 27.9 Å². The van der Waals surface area contributed by atoms with Gasteiger partial charge in [0, 0.05) is 27.7 Å². The minimum absolute atomic E-state index is 0.174. The smallest absolute Gasteiger partial charge is 0.254 e. The Balaban J connectivity index is 1.51. The Hall–Kier alpha value is -2.95. The van der Waals surface area contributed by atoms with Crippen LogP contribution in [0.25, 0.3) is 0 Å². The molecule has 0 bridgehead atoms. The molecule has 3 aromatic rings. The Bertz CT molecular complexity index is 1530. The van der Waals surface area contributed by atoms with Crippen LogP contribution in [0.2, 0.25) is 10.0 Å². The first-order valence-corrected chi connectivity index (χ1v) is 16.1. The SMILES string of the molecule is CS(=O)(=O)N[C@H]1CC[C@H](N2C(=O)c3ccccc3[C@@H](C(=O)NOCc3ccccc3)[C@@H]2c2ccc(Cl)cc2Cl)CC1. The van der Waals surface area contributed by atoms with Crippen molar-refractivity contribution in [2.45, 2.75) is 56.3 Å². The summed E-state index contributed by atoms with van der Waals surface area (Å²) in [7, 11) is -3.36. The van der Waals surface area contributed by atoms with Gasteiger partial charge in [-0.05, 0) is 60.6 Å². The van der Waals surface area contributed by atoms with Gasteiger partial charge in [0.05, 0.1) is 24.8 Å². The third-order valence-electron chi connectivity index (χ3n) is 7.67. The van der Waals surface area contributed by atoms with Crippen LogP contribution in [0.4, 0.5) is 0 Å². The van der Waals surface area contributed by atoms with E-state index in [1.807, 2.05) is 30.3 Å². The molecule has 1 fully saturated rings. The number of carbonyl (C=O) groups is 2. The normalized spacial score (nSPS) is 22.7. The molecule has 1 aliphatic carbocycles. The summed E-state index contributed by atoms with van der Waals surface area (Å²) in [5, 5.41) is 0.780. The van der Waals surface area contributed by atoms with Crippen LogP contribution < -0.4 is 10.2 Å². The van der Waals surface area contributed by atoms with Crippen molar-refractivity contribution in [2.24, 2.45) is 0 Å². The number of hydrogen-bond donors (Lipinski definition) is 2. The lowest BCUT2D eigenvalue weighted by molar-refractivity contribution is -0.138. The Kier molecular flexibility index (Phi) is 9.01. The molecule has 0 saturated heterocycles. The minimum atomic E-state index is -3.36. The molecule has 0 spiro atoms. The van der Waals surface area contributed by atoms with Gasteiger partial charge < -0.3 is 4.90 Å². The molecule has 0 aromatic heterocycles. The lowest BCUT2D eigenvalue weighted by Gasteiger charge is -2.47. The minimum Gasteiger partial charge on any atom is -0.327 e. The Labute approximate surface area is 250 Å². The molecule has 2 N–H and O–H groups in total. The Morgan fingerprint density at radius 3 is 2.32 bits per heavy atom. The van der Waals surface area contributed by atoms with Crippen molar-refractivity contribution in [3.8, 4) is 0 Å². The van der Waals surface area contributed by atoms with E-state index in [1.165, 1.54) is 0 Å². The van der Waals surface area contributed by atoms with Gasteiger partial charge in [-0.1, -0.05) is 77.8 Å². The van der Waals surface area contributed by atoms with Gasteiger partial charge in [0.15, 0.2) is 0 Å². The average Bonchev–Trinajstić information content (AvgIpc) is 2.93. The number of nitrogens with one attached hydrogen (secondary N) is 2. The van der Waals surface area contributed by atoms with E-state index in [9.17, 15) is 18.0 Å². The van der Waals surface area contributed by atoms with E-state index >= 15 is 0 Å². The fourth-order valence-corrected chi connectivity index (χ4v) is 7.27. The zero-order valence-corrected chi connectivity index (χ0v) is 24.8. The number of rotatable bonds is 8. The van der Waals surface area contributed by atoms with E-state index in [1.54, 1.807) is 47.4 Å². The maximum Gasteiger partial charge on any atom is 0.254 e. The van der Waals surface area contributed by atoms with Gasteiger partial charge in [-0.15, -0.1) is 0 Å². The van der Waals surface area contributed by atoms with E-state index in [0.29, 0.717) is 52.4 Å². The van der Waals surface area contributed by atoms with E-state index in [2.05, 4.69) is 10.2 Å². The van der Waals surface area contributed by atoms with Gasteiger partial charge in [-0.2, -0.15) is 0 Å². The van der Waals surface area contributed by atoms with Gasteiger partial charge >= 0.3 is 0 Å². The molecule has 2 aliphatic rings. The van der Waals surface area contributed by atoms with Crippen LogP contribution in [-0.2, 0) is 26.3 Å². The molecule has 11 heteroatoms. The van der Waals surface area contributed by atoms with Crippen LogP contribution in [0, 0.1) is 0 Å². The van der Waals surface area contributed by atoms with Gasteiger partial charge in [-0.3, -0.25) is 14.4 Å². The number of carbonyl (C=O) groups excluding carboxylic acids is 2. The van der Waals surface area contributed by atoms with Gasteiger partial charge in [0.1, 0.15) is 0 Å². The number of hydroxylamine groups is 1. The fraction of sp³-hybridized carbons (Fsp3) is 0.333. The molecule has 2 atom stereocenters. The second kappa shape index (κ2) is 12.5. The highest BCUT2D eigenvalue weighted by molar-refractivity contribution is 7.88. The van der Waals surface area contributed by atoms with Gasteiger partial charge in [-0.25, -0.2) is 18.6 Å². The molecule has 5 rings (SSSR count). The van der Waals surface area contributed by atoms with Crippen molar-refractivity contribution in [1.29, 1.82) is 0 Å². The first-order chi connectivity index (χ1) is 19.6. The molecule has 1 saturated carbocycles. The maximum atomic E-state index is 14.1. The molecule has 2 amide bonds. The van der Waals surface area contributed by atoms with Crippen molar-refractivity contribution < 1.29 is 22.8 Å². The second-order valence-corrected chi connectivity index (χ2v) is 13.1. The highest BCUT2D eigenvalue weighted by Crippen LogP contribution is 2.47. The molecule has 0 unspecified atom stereocenters. The number of hydrogen-bond acceptors (Lipinski definition) is 5. The van der Waals surface area contributed by atoms with Gasteiger partial charge in [0.25, 0.3) is 11.8 Å². The predicted octanol–water partition coefficient (Wildman–Crippen LogP) is 5.38. The highest BCUT2D eigenvalue weighted by Gasteiger charge is 2.48. The van der Waals surface area contributed by atoms with Crippen LogP contribution in [0.3, 0.4) is 0 Å². The Morgan fingerprint density at radius 1 is 0.951 bits per heavy atom. The van der Waals surface area contributed by atoms with Crippen molar-refractivity contribution in [2.75, 3.05) is 6.26 Å². The lowest BCUT2D eigenvalue weighted by Crippen LogP contribution is -2.53. The highest BCUT2D eigenvalue weighted by atomic mass is 35.5. The monoisotopic (exact) mass is 615 g/mol. The van der Waals surface area contributed by atoms with Crippen LogP contribution >= 0.6 is 23.2 Å². The molecule has 1 aliphatic heterocycles. The molecule has 3 aromatic carbocycles. The summed E-state index contributed by atoms with van der Waals surface area (Å²) in [5.41, 5.74) is 5.13. The summed E-state index contributed by atoms with van der Waals surface area (Å²) in [4.78, 5) is 35.5. The summed E-state index contributed by atoms with van der Waals surface area (Å²) >= 11 is 13.0. The number of fused-ring (bicyclic) bond motifs is 1. The zero-order chi connectivity index (χ0) is 29.1. The summed E-state index contributed by atoms with van der Waals surface area (Å²) in [6.45, 7) is 0.174. The summed E-state index contributed by atoms with van der Waals surface area (Å²) in [6.07, 6.45) is 3.37. The number of benzene rings is 3. The summed E-state index contributed by atoms with van der Waals surface area (Å²) in [5.74, 6) is -1.44. The van der Waals surface area contributed by atoms with Crippen LogP contribution in [-0.4, -0.2) is 43.5 Å². The number of sulfonamides is 1. The zero-order valence-electron chi connectivity index (χ0n) is 22.4. The van der Waals surface area contributed by atoms with Crippen molar-refractivity contribution in [3.05, 3.63) is 105 Å². The summed E-state index contributed by atoms with van der Waals surface area (Å²) in [6, 6.07) is 20.4. The number of nitrogens with zero attached hydrogens (tertiary/aromatic N) is 1. The van der Waals surface area contributed by atoms with Crippen molar-refractivity contribution in [1.82, 2.24) is 15.1 Å². The molecule has 0 radical (unpaired) electrons. The second-order valence-electron chi connectivity index (χ2n) is 10.5. The third kappa shape index (κ3) is 6.76. The predicted molar refractivity (Wildman–Crippen MR) is 158 cm³/mol. The third-order valence-corrected chi connectivity index (χ3v) is 8.99. The fourth-order valence-electron chi connectivity index (χ4n) is 5.91. The molecule has 8 nitrogen and oxygen atoms in total. The molecule has 216 valence electrons. The Morgan fingerprint density at radius 2 is 1.63 bits per heavy atom. The van der Waals surface area contributed by atoms with Crippen LogP contribution in [0.5, 0.6) is 0 Å². The maximum absolute atomic E-state index is 14.1. The first kappa shape index (κ1) is 29.5. The lowest BCUT2D eigenvalue weighted by atomic mass is 9.77. The van der Waals surface area contributed by atoms with Crippen molar-refractivity contribution in [3.63, 3.8) is 0 Å². The summed E-state index contributed by atoms with van der Waals surface area (Å²) < 4.78 is 26.3.